The van der Waals surface area contributed by atoms with Crippen LogP contribution in [0, 0.1) is 0 Å². The minimum absolute atomic E-state index is 0.0709. The van der Waals surface area contributed by atoms with Crippen LogP contribution in [-0.4, -0.2) is 48.6 Å². The van der Waals surface area contributed by atoms with Gasteiger partial charge in [0, 0.05) is 19.6 Å². The van der Waals surface area contributed by atoms with Gasteiger partial charge in [-0.05, 0) is 42.0 Å². The van der Waals surface area contributed by atoms with Gasteiger partial charge >= 0.3 is 6.18 Å². The van der Waals surface area contributed by atoms with Crippen molar-refractivity contribution in [3.8, 4) is 11.5 Å². The van der Waals surface area contributed by atoms with Gasteiger partial charge in [0.15, 0.2) is 0 Å². The molecule has 7 nitrogen and oxygen atoms in total. The van der Waals surface area contributed by atoms with Crippen molar-refractivity contribution in [2.45, 2.75) is 12.2 Å². The van der Waals surface area contributed by atoms with Crippen LogP contribution in [0.4, 0.5) is 13.2 Å². The van der Waals surface area contributed by atoms with E-state index in [1.54, 1.807) is 18.2 Å². The van der Waals surface area contributed by atoms with Gasteiger partial charge in [-0.2, -0.15) is 13.2 Å². The SMILES string of the molecule is O=C(NCC(c1ccc(C(F)(F)F)cc1)N1CCOCC1)c1ccc(-c2ccco2)[nH]c1=O. The van der Waals surface area contributed by atoms with E-state index in [4.69, 9.17) is 9.15 Å². The number of H-pyrrole nitrogens is 1. The Labute approximate surface area is 187 Å². The number of nitrogens with zero attached hydrogens (tertiary/aromatic N) is 1. The number of morpholine rings is 1. The second-order valence-electron chi connectivity index (χ2n) is 7.59. The first-order valence-corrected chi connectivity index (χ1v) is 10.4. The highest BCUT2D eigenvalue weighted by atomic mass is 19.4. The molecular formula is C23H22F3N3O4. The standard InChI is InChI=1S/C23H22F3N3O4/c24-23(25,26)16-5-3-15(4-6-16)19(29-9-12-32-13-10-29)14-27-21(30)17-7-8-18(28-22(17)31)20-2-1-11-33-20/h1-8,11,19H,9-10,12-14H2,(H,27,30)(H,28,31). The summed E-state index contributed by atoms with van der Waals surface area (Å²) in [6.07, 6.45) is -2.95. The van der Waals surface area contributed by atoms with Gasteiger partial charge in [-0.25, -0.2) is 0 Å². The Morgan fingerprint density at radius 2 is 1.82 bits per heavy atom. The molecule has 33 heavy (non-hydrogen) atoms. The van der Waals surface area contributed by atoms with Crippen molar-refractivity contribution in [3.05, 3.63) is 81.8 Å². The van der Waals surface area contributed by atoms with Crippen molar-refractivity contribution in [2.75, 3.05) is 32.8 Å². The van der Waals surface area contributed by atoms with Crippen LogP contribution in [0.3, 0.4) is 0 Å². The third-order valence-electron chi connectivity index (χ3n) is 5.51. The predicted molar refractivity (Wildman–Crippen MR) is 114 cm³/mol. The van der Waals surface area contributed by atoms with Crippen LogP contribution in [0.25, 0.3) is 11.5 Å². The number of hydrogen-bond acceptors (Lipinski definition) is 5. The van der Waals surface area contributed by atoms with E-state index in [0.29, 0.717) is 43.3 Å². The van der Waals surface area contributed by atoms with Gasteiger partial charge in [0.2, 0.25) is 0 Å². The first-order chi connectivity index (χ1) is 15.8. The number of rotatable bonds is 6. The zero-order chi connectivity index (χ0) is 23.4. The summed E-state index contributed by atoms with van der Waals surface area (Å²) in [7, 11) is 0. The van der Waals surface area contributed by atoms with Crippen molar-refractivity contribution in [3.63, 3.8) is 0 Å². The number of amides is 1. The summed E-state index contributed by atoms with van der Waals surface area (Å²) in [4.78, 5) is 29.8. The van der Waals surface area contributed by atoms with Crippen molar-refractivity contribution in [1.82, 2.24) is 15.2 Å². The number of carbonyl (C=O) groups is 1. The van der Waals surface area contributed by atoms with Crippen molar-refractivity contribution >= 4 is 5.91 Å². The maximum absolute atomic E-state index is 13.0. The molecule has 1 aliphatic rings. The van der Waals surface area contributed by atoms with Crippen LogP contribution < -0.4 is 10.9 Å². The van der Waals surface area contributed by atoms with Gasteiger partial charge in [-0.3, -0.25) is 14.5 Å². The minimum atomic E-state index is -4.43. The fraction of sp³-hybridized carbons (Fsp3) is 0.304. The van der Waals surface area contributed by atoms with E-state index in [2.05, 4.69) is 10.3 Å². The van der Waals surface area contributed by atoms with Crippen LogP contribution in [0.1, 0.15) is 27.5 Å². The Hall–Kier alpha value is -3.37. The normalized spacial score (nSPS) is 15.8. The molecule has 1 saturated heterocycles. The van der Waals surface area contributed by atoms with Crippen LogP contribution in [-0.2, 0) is 10.9 Å². The molecule has 4 rings (SSSR count). The fourth-order valence-electron chi connectivity index (χ4n) is 3.75. The molecule has 0 bridgehead atoms. The Balaban J connectivity index is 1.51. The van der Waals surface area contributed by atoms with Gasteiger partial charge in [0.05, 0.1) is 36.8 Å². The minimum Gasteiger partial charge on any atom is -0.463 e. The number of ether oxygens (including phenoxy) is 1. The summed E-state index contributed by atoms with van der Waals surface area (Å²) in [6.45, 7) is 2.22. The lowest BCUT2D eigenvalue weighted by Gasteiger charge is -2.35. The number of hydrogen-bond donors (Lipinski definition) is 2. The molecule has 1 aromatic carbocycles. The molecule has 1 unspecified atom stereocenters. The van der Waals surface area contributed by atoms with E-state index < -0.39 is 23.2 Å². The number of benzene rings is 1. The quantitative estimate of drug-likeness (QED) is 0.587. The van der Waals surface area contributed by atoms with E-state index in [9.17, 15) is 22.8 Å². The molecular weight excluding hydrogens is 439 g/mol. The van der Waals surface area contributed by atoms with Crippen LogP contribution in [0.2, 0.25) is 0 Å². The Morgan fingerprint density at radius 1 is 1.09 bits per heavy atom. The van der Waals surface area contributed by atoms with Gasteiger partial charge < -0.3 is 19.5 Å². The smallest absolute Gasteiger partial charge is 0.416 e. The van der Waals surface area contributed by atoms with Crippen molar-refractivity contribution in [1.29, 1.82) is 0 Å². The highest BCUT2D eigenvalue weighted by molar-refractivity contribution is 5.94. The number of pyridine rings is 1. The molecule has 10 heteroatoms. The van der Waals surface area contributed by atoms with Crippen LogP contribution >= 0.6 is 0 Å². The number of aromatic amines is 1. The molecule has 0 saturated carbocycles. The number of carbonyl (C=O) groups excluding carboxylic acids is 1. The van der Waals surface area contributed by atoms with E-state index in [-0.39, 0.29) is 18.2 Å². The number of nitrogens with one attached hydrogen (secondary N) is 2. The number of furan rings is 1. The Kier molecular flexibility index (Phi) is 6.66. The van der Waals surface area contributed by atoms with Crippen molar-refractivity contribution in [2.24, 2.45) is 0 Å². The number of halogens is 3. The number of aromatic nitrogens is 1. The summed E-state index contributed by atoms with van der Waals surface area (Å²) in [5.41, 5.74) is -0.304. The summed E-state index contributed by atoms with van der Waals surface area (Å²) in [6, 6.07) is 10.9. The lowest BCUT2D eigenvalue weighted by atomic mass is 10.0. The molecule has 3 heterocycles. The maximum Gasteiger partial charge on any atom is 0.416 e. The fourth-order valence-corrected chi connectivity index (χ4v) is 3.75. The second-order valence-corrected chi connectivity index (χ2v) is 7.59. The molecule has 0 aliphatic carbocycles. The third kappa shape index (κ3) is 5.35. The summed E-state index contributed by atoms with van der Waals surface area (Å²) in [5.74, 6) is -0.110. The van der Waals surface area contributed by atoms with E-state index in [1.165, 1.54) is 24.5 Å². The molecule has 0 radical (unpaired) electrons. The summed E-state index contributed by atoms with van der Waals surface area (Å²) >= 11 is 0. The third-order valence-corrected chi connectivity index (χ3v) is 5.51. The Morgan fingerprint density at radius 3 is 2.42 bits per heavy atom. The van der Waals surface area contributed by atoms with Gasteiger partial charge in [0.25, 0.3) is 11.5 Å². The lowest BCUT2D eigenvalue weighted by molar-refractivity contribution is -0.137. The highest BCUT2D eigenvalue weighted by Gasteiger charge is 2.31. The first kappa shape index (κ1) is 22.8. The van der Waals surface area contributed by atoms with Crippen LogP contribution in [0.5, 0.6) is 0 Å². The van der Waals surface area contributed by atoms with Gasteiger partial charge in [0.1, 0.15) is 11.3 Å². The lowest BCUT2D eigenvalue weighted by Crippen LogP contribution is -2.44. The van der Waals surface area contributed by atoms with Crippen LogP contribution in [0.15, 0.2) is 64.0 Å². The average molecular weight is 461 g/mol. The second kappa shape index (κ2) is 9.63. The highest BCUT2D eigenvalue weighted by Crippen LogP contribution is 2.31. The zero-order valence-corrected chi connectivity index (χ0v) is 17.5. The monoisotopic (exact) mass is 461 g/mol. The Bertz CT molecular complexity index is 1140. The topological polar surface area (TPSA) is 87.6 Å². The molecule has 174 valence electrons. The molecule has 1 amide bonds. The van der Waals surface area contributed by atoms with Crippen molar-refractivity contribution < 1.29 is 27.1 Å². The van der Waals surface area contributed by atoms with E-state index in [1.807, 2.05) is 4.90 Å². The largest absolute Gasteiger partial charge is 0.463 e. The van der Waals surface area contributed by atoms with E-state index in [0.717, 1.165) is 12.1 Å². The molecule has 1 atom stereocenters. The maximum atomic E-state index is 13.0. The predicted octanol–water partition coefficient (Wildman–Crippen LogP) is 3.46. The molecule has 0 spiro atoms. The molecule has 3 aromatic rings. The summed E-state index contributed by atoms with van der Waals surface area (Å²) in [5, 5.41) is 2.75. The number of alkyl halides is 3. The molecule has 1 fully saturated rings. The zero-order valence-electron chi connectivity index (χ0n) is 17.5. The molecule has 2 N–H and O–H groups in total. The van der Waals surface area contributed by atoms with Gasteiger partial charge in [-0.15, -0.1) is 0 Å². The summed E-state index contributed by atoms with van der Waals surface area (Å²) < 4.78 is 49.5. The molecule has 1 aliphatic heterocycles. The van der Waals surface area contributed by atoms with Gasteiger partial charge in [-0.1, -0.05) is 12.1 Å². The van der Waals surface area contributed by atoms with E-state index >= 15 is 0 Å². The first-order valence-electron chi connectivity index (χ1n) is 10.4. The average Bonchev–Trinajstić information content (AvgIpc) is 3.34. The molecule has 2 aromatic heterocycles.